The molecule has 1 saturated heterocycles. The summed E-state index contributed by atoms with van der Waals surface area (Å²) in [7, 11) is 1.47. The molecule has 0 atom stereocenters. The van der Waals surface area contributed by atoms with Crippen LogP contribution in [0.15, 0.2) is 47.5 Å². The van der Waals surface area contributed by atoms with Gasteiger partial charge in [0.1, 0.15) is 0 Å². The van der Waals surface area contributed by atoms with E-state index < -0.39 is 0 Å². The molecule has 5 nitrogen and oxygen atoms in total. The van der Waals surface area contributed by atoms with E-state index in [4.69, 9.17) is 9.73 Å². The number of rotatable bonds is 5. The molecule has 1 aliphatic heterocycles. The molecule has 2 aromatic carbocycles. The van der Waals surface area contributed by atoms with Crippen molar-refractivity contribution in [2.75, 3.05) is 33.3 Å². The van der Waals surface area contributed by atoms with Crippen LogP contribution in [0.25, 0.3) is 10.8 Å². The normalized spacial score (nSPS) is 15.2. The van der Waals surface area contributed by atoms with Crippen LogP contribution in [0.4, 0.5) is 0 Å². The van der Waals surface area contributed by atoms with E-state index >= 15 is 0 Å². The maximum Gasteiger partial charge on any atom is 0.308 e. The first-order chi connectivity index (χ1) is 13.2. The van der Waals surface area contributed by atoms with Crippen LogP contribution in [0.2, 0.25) is 0 Å². The number of carbonyl (C=O) groups is 1. The van der Waals surface area contributed by atoms with Crippen LogP contribution in [0, 0.1) is 5.92 Å². The van der Waals surface area contributed by atoms with E-state index in [1.165, 1.54) is 23.4 Å². The Morgan fingerprint density at radius 2 is 1.89 bits per heavy atom. The molecule has 1 heterocycles. The number of nitrogens with one attached hydrogen (secondary N) is 1. The number of piperidine rings is 1. The molecule has 1 fully saturated rings. The van der Waals surface area contributed by atoms with Gasteiger partial charge in [0.15, 0.2) is 5.96 Å². The third-order valence-electron chi connectivity index (χ3n) is 5.14. The zero-order valence-corrected chi connectivity index (χ0v) is 19.0. The fourth-order valence-corrected chi connectivity index (χ4v) is 3.60. The number of nitrogens with zero attached hydrogens (tertiary/aromatic N) is 2. The second-order valence-electron chi connectivity index (χ2n) is 6.95. The summed E-state index contributed by atoms with van der Waals surface area (Å²) >= 11 is 0. The molecule has 0 radical (unpaired) electrons. The summed E-state index contributed by atoms with van der Waals surface area (Å²) < 4.78 is 4.87. The topological polar surface area (TPSA) is 53.9 Å². The van der Waals surface area contributed by atoms with Gasteiger partial charge in [-0.2, -0.15) is 0 Å². The van der Waals surface area contributed by atoms with Crippen molar-refractivity contribution in [2.45, 2.75) is 26.2 Å². The van der Waals surface area contributed by atoms with Crippen LogP contribution in [0.1, 0.15) is 25.3 Å². The second kappa shape index (κ2) is 11.2. The number of methoxy groups -OCH3 is 1. The number of halogens is 1. The van der Waals surface area contributed by atoms with Gasteiger partial charge in [-0.25, -0.2) is 0 Å². The average Bonchev–Trinajstić information content (AvgIpc) is 2.72. The molecule has 2 aromatic rings. The number of guanidine groups is 1. The van der Waals surface area contributed by atoms with Gasteiger partial charge in [-0.3, -0.25) is 9.79 Å². The van der Waals surface area contributed by atoms with E-state index in [1.807, 2.05) is 0 Å². The minimum Gasteiger partial charge on any atom is -0.469 e. The van der Waals surface area contributed by atoms with Gasteiger partial charge in [0.25, 0.3) is 0 Å². The number of carbonyl (C=O) groups excluding carboxylic acids is 1. The first-order valence-corrected chi connectivity index (χ1v) is 9.80. The quantitative estimate of drug-likeness (QED) is 0.297. The minimum atomic E-state index is -0.0899. The lowest BCUT2D eigenvalue weighted by Gasteiger charge is -2.33. The Hall–Kier alpha value is -1.83. The van der Waals surface area contributed by atoms with Crippen molar-refractivity contribution in [2.24, 2.45) is 10.9 Å². The molecule has 1 aliphatic rings. The van der Waals surface area contributed by atoms with E-state index in [2.05, 4.69) is 59.6 Å². The molecule has 0 saturated carbocycles. The van der Waals surface area contributed by atoms with Crippen LogP contribution in [0.5, 0.6) is 0 Å². The van der Waals surface area contributed by atoms with E-state index in [0.717, 1.165) is 51.4 Å². The van der Waals surface area contributed by atoms with Gasteiger partial charge < -0.3 is 15.0 Å². The molecule has 0 bridgehead atoms. The lowest BCUT2D eigenvalue weighted by atomic mass is 9.97. The fraction of sp³-hybridized carbons (Fsp3) is 0.455. The summed E-state index contributed by atoms with van der Waals surface area (Å²) in [6, 6.07) is 15.0. The molecular weight excluding hydrogens is 465 g/mol. The van der Waals surface area contributed by atoms with Gasteiger partial charge in [-0.05, 0) is 42.5 Å². The smallest absolute Gasteiger partial charge is 0.308 e. The molecule has 0 amide bonds. The molecule has 0 aromatic heterocycles. The maximum absolute atomic E-state index is 11.7. The first kappa shape index (κ1) is 22.5. The summed E-state index contributed by atoms with van der Waals surface area (Å²) in [6.45, 7) is 5.34. The number of hydrogen-bond donors (Lipinski definition) is 1. The Bertz CT molecular complexity index is 801. The molecule has 6 heteroatoms. The molecule has 1 N–H and O–H groups in total. The molecule has 152 valence electrons. The highest BCUT2D eigenvalue weighted by Gasteiger charge is 2.26. The van der Waals surface area contributed by atoms with Crippen molar-refractivity contribution in [3.63, 3.8) is 0 Å². The number of ether oxygens (including phenoxy) is 1. The highest BCUT2D eigenvalue weighted by Crippen LogP contribution is 2.19. The summed E-state index contributed by atoms with van der Waals surface area (Å²) in [5.74, 6) is 0.876. The standard InChI is InChI=1S/C22H29N3O2.HI/c1-3-23-22(25-14-11-19(12-15-25)21(26)27-2)24-13-10-17-8-9-18-6-4-5-7-20(18)16-17;/h4-9,16,19H,3,10-15H2,1-2H3,(H,23,24);1H. The van der Waals surface area contributed by atoms with Crippen LogP contribution in [0.3, 0.4) is 0 Å². The second-order valence-corrected chi connectivity index (χ2v) is 6.95. The number of benzene rings is 2. The molecule has 28 heavy (non-hydrogen) atoms. The third kappa shape index (κ3) is 5.83. The lowest BCUT2D eigenvalue weighted by molar-refractivity contribution is -0.146. The number of esters is 1. The number of likely N-dealkylation sites (tertiary alicyclic amines) is 1. The summed E-state index contributed by atoms with van der Waals surface area (Å²) in [5, 5.41) is 5.93. The SMILES string of the molecule is CCNC(=NCCc1ccc2ccccc2c1)N1CCC(C(=O)OC)CC1.I. The van der Waals surface area contributed by atoms with Crippen molar-refractivity contribution in [3.05, 3.63) is 48.0 Å². The monoisotopic (exact) mass is 495 g/mol. The predicted octanol–water partition coefficient (Wildman–Crippen LogP) is 3.85. The third-order valence-corrected chi connectivity index (χ3v) is 5.14. The summed E-state index contributed by atoms with van der Waals surface area (Å²) in [5.41, 5.74) is 1.30. The van der Waals surface area contributed by atoms with Gasteiger partial charge in [0.2, 0.25) is 0 Å². The summed E-state index contributed by atoms with van der Waals surface area (Å²) in [4.78, 5) is 18.8. The maximum atomic E-state index is 11.7. The fourth-order valence-electron chi connectivity index (χ4n) is 3.60. The Balaban J connectivity index is 0.00000280. The van der Waals surface area contributed by atoms with E-state index in [1.54, 1.807) is 0 Å². The highest BCUT2D eigenvalue weighted by molar-refractivity contribution is 14.0. The predicted molar refractivity (Wildman–Crippen MR) is 125 cm³/mol. The zero-order chi connectivity index (χ0) is 19.1. The largest absolute Gasteiger partial charge is 0.469 e. The van der Waals surface area contributed by atoms with Crippen LogP contribution >= 0.6 is 24.0 Å². The molecule has 0 unspecified atom stereocenters. The Kier molecular flexibility index (Phi) is 9.02. The van der Waals surface area contributed by atoms with Gasteiger partial charge in [-0.15, -0.1) is 24.0 Å². The van der Waals surface area contributed by atoms with E-state index in [0.29, 0.717) is 0 Å². The van der Waals surface area contributed by atoms with Crippen LogP contribution in [-0.2, 0) is 16.0 Å². The van der Waals surface area contributed by atoms with Crippen molar-refractivity contribution < 1.29 is 9.53 Å². The minimum absolute atomic E-state index is 0. The summed E-state index contributed by atoms with van der Waals surface area (Å²) in [6.07, 6.45) is 2.56. The van der Waals surface area contributed by atoms with E-state index in [9.17, 15) is 4.79 Å². The van der Waals surface area contributed by atoms with Crippen molar-refractivity contribution in [3.8, 4) is 0 Å². The van der Waals surface area contributed by atoms with E-state index in [-0.39, 0.29) is 35.9 Å². The molecule has 3 rings (SSSR count). The molecule has 0 spiro atoms. The zero-order valence-electron chi connectivity index (χ0n) is 16.7. The number of fused-ring (bicyclic) bond motifs is 1. The number of aliphatic imine (C=N–C) groups is 1. The molecule has 0 aliphatic carbocycles. The highest BCUT2D eigenvalue weighted by atomic mass is 127. The van der Waals surface area contributed by atoms with Crippen molar-refractivity contribution in [1.29, 1.82) is 0 Å². The van der Waals surface area contributed by atoms with Crippen LogP contribution in [-0.4, -0.2) is 50.1 Å². The number of hydrogen-bond acceptors (Lipinski definition) is 3. The van der Waals surface area contributed by atoms with Gasteiger partial charge >= 0.3 is 5.97 Å². The lowest BCUT2D eigenvalue weighted by Crippen LogP contribution is -2.46. The Morgan fingerprint density at radius 3 is 2.57 bits per heavy atom. The van der Waals surface area contributed by atoms with Gasteiger partial charge in [-0.1, -0.05) is 42.5 Å². The van der Waals surface area contributed by atoms with Crippen LogP contribution < -0.4 is 5.32 Å². The first-order valence-electron chi connectivity index (χ1n) is 9.80. The molecular formula is C22H30IN3O2. The van der Waals surface area contributed by atoms with Crippen molar-refractivity contribution in [1.82, 2.24) is 10.2 Å². The Labute approximate surface area is 184 Å². The van der Waals surface area contributed by atoms with Gasteiger partial charge in [0.05, 0.1) is 13.0 Å². The van der Waals surface area contributed by atoms with Gasteiger partial charge in [0, 0.05) is 26.2 Å². The average molecular weight is 495 g/mol. The Morgan fingerprint density at radius 1 is 1.18 bits per heavy atom. The van der Waals surface area contributed by atoms with Crippen molar-refractivity contribution >= 4 is 46.7 Å².